The molecule has 1 aliphatic heterocycles. The van der Waals surface area contributed by atoms with Crippen molar-refractivity contribution in [2.24, 2.45) is 7.05 Å². The molecule has 0 aliphatic carbocycles. The molecule has 1 aliphatic rings. The fourth-order valence-electron chi connectivity index (χ4n) is 3.60. The Hall–Kier alpha value is -3.02. The number of para-hydroxylation sites is 1. The Morgan fingerprint density at radius 1 is 1.04 bits per heavy atom. The molecule has 26 heavy (non-hydrogen) atoms. The number of hydrogen-bond donors (Lipinski definition) is 1. The van der Waals surface area contributed by atoms with Gasteiger partial charge in [-0.05, 0) is 17.7 Å². The Labute approximate surface area is 152 Å². The largest absolute Gasteiger partial charge is 0.367 e. The Morgan fingerprint density at radius 3 is 2.50 bits per heavy atom. The van der Waals surface area contributed by atoms with Crippen LogP contribution in [0.3, 0.4) is 0 Å². The molecule has 1 saturated heterocycles. The summed E-state index contributed by atoms with van der Waals surface area (Å²) in [6, 6.07) is 9.85. The fraction of sp³-hybridized carbons (Fsp3) is 0.300. The molecule has 0 saturated carbocycles. The SMILES string of the molecule is Cn1cc(C(=O)N2CCN(C(=O)Cc3cc[nH]c3)CC2)c2ccccc21. The zero-order valence-electron chi connectivity index (χ0n) is 14.8. The summed E-state index contributed by atoms with van der Waals surface area (Å²) in [5.41, 5.74) is 2.77. The van der Waals surface area contributed by atoms with E-state index in [1.807, 2.05) is 70.3 Å². The van der Waals surface area contributed by atoms with Gasteiger partial charge in [0.2, 0.25) is 5.91 Å². The topological polar surface area (TPSA) is 61.3 Å². The van der Waals surface area contributed by atoms with E-state index in [1.54, 1.807) is 0 Å². The number of rotatable bonds is 3. The van der Waals surface area contributed by atoms with Crippen LogP contribution in [-0.4, -0.2) is 57.3 Å². The number of carbonyl (C=O) groups excluding carboxylic acids is 2. The highest BCUT2D eigenvalue weighted by molar-refractivity contribution is 6.07. The van der Waals surface area contributed by atoms with Gasteiger partial charge in [-0.1, -0.05) is 18.2 Å². The van der Waals surface area contributed by atoms with Gasteiger partial charge in [0.15, 0.2) is 0 Å². The summed E-state index contributed by atoms with van der Waals surface area (Å²) in [6.45, 7) is 2.31. The van der Waals surface area contributed by atoms with Crippen molar-refractivity contribution in [1.29, 1.82) is 0 Å². The zero-order chi connectivity index (χ0) is 18.1. The molecule has 4 rings (SSSR count). The van der Waals surface area contributed by atoms with E-state index in [0.29, 0.717) is 32.6 Å². The van der Waals surface area contributed by atoms with E-state index in [0.717, 1.165) is 22.0 Å². The van der Waals surface area contributed by atoms with Crippen molar-refractivity contribution in [2.75, 3.05) is 26.2 Å². The summed E-state index contributed by atoms with van der Waals surface area (Å²) in [5.74, 6) is 0.154. The molecule has 0 atom stereocenters. The number of fused-ring (bicyclic) bond motifs is 1. The molecule has 3 heterocycles. The summed E-state index contributed by atoms with van der Waals surface area (Å²) >= 11 is 0. The Morgan fingerprint density at radius 2 is 1.77 bits per heavy atom. The van der Waals surface area contributed by atoms with E-state index in [-0.39, 0.29) is 11.8 Å². The lowest BCUT2D eigenvalue weighted by Crippen LogP contribution is -2.51. The van der Waals surface area contributed by atoms with Gasteiger partial charge >= 0.3 is 0 Å². The standard InChI is InChI=1S/C20H22N4O2/c1-22-14-17(16-4-2-3-5-18(16)22)20(26)24-10-8-23(9-11-24)19(25)12-15-6-7-21-13-15/h2-7,13-14,21H,8-12H2,1H3. The third-order valence-corrected chi connectivity index (χ3v) is 5.06. The first kappa shape index (κ1) is 16.4. The lowest BCUT2D eigenvalue weighted by atomic mass is 10.1. The van der Waals surface area contributed by atoms with Crippen LogP contribution in [0.1, 0.15) is 15.9 Å². The second-order valence-electron chi connectivity index (χ2n) is 6.74. The average Bonchev–Trinajstić information content (AvgIpc) is 3.30. The predicted octanol–water partition coefficient (Wildman–Crippen LogP) is 2.03. The Kier molecular flexibility index (Phi) is 4.24. The number of nitrogens with one attached hydrogen (secondary N) is 1. The van der Waals surface area contributed by atoms with Crippen LogP contribution >= 0.6 is 0 Å². The first-order valence-corrected chi connectivity index (χ1v) is 8.86. The monoisotopic (exact) mass is 350 g/mol. The van der Waals surface area contributed by atoms with Gasteiger partial charge in [-0.15, -0.1) is 0 Å². The van der Waals surface area contributed by atoms with Crippen LogP contribution in [0.15, 0.2) is 48.9 Å². The maximum atomic E-state index is 13.0. The van der Waals surface area contributed by atoms with Gasteiger partial charge in [-0.2, -0.15) is 0 Å². The maximum absolute atomic E-state index is 13.0. The van der Waals surface area contributed by atoms with Gasteiger partial charge in [0.05, 0.1) is 12.0 Å². The molecular formula is C20H22N4O2. The maximum Gasteiger partial charge on any atom is 0.256 e. The van der Waals surface area contributed by atoms with E-state index in [2.05, 4.69) is 4.98 Å². The first-order chi connectivity index (χ1) is 12.6. The van der Waals surface area contributed by atoms with Crippen LogP contribution in [0.2, 0.25) is 0 Å². The van der Waals surface area contributed by atoms with Crippen LogP contribution in [0.4, 0.5) is 0 Å². The number of aromatic nitrogens is 2. The van der Waals surface area contributed by atoms with Gasteiger partial charge in [-0.25, -0.2) is 0 Å². The highest BCUT2D eigenvalue weighted by atomic mass is 16.2. The van der Waals surface area contributed by atoms with E-state index in [9.17, 15) is 9.59 Å². The third-order valence-electron chi connectivity index (χ3n) is 5.06. The normalized spacial score (nSPS) is 14.8. The summed E-state index contributed by atoms with van der Waals surface area (Å²) in [5, 5.41) is 0.978. The molecule has 0 unspecified atom stereocenters. The lowest BCUT2D eigenvalue weighted by molar-refractivity contribution is -0.131. The van der Waals surface area contributed by atoms with Gasteiger partial charge in [-0.3, -0.25) is 9.59 Å². The average molecular weight is 350 g/mol. The fourth-order valence-corrected chi connectivity index (χ4v) is 3.60. The molecule has 0 radical (unpaired) electrons. The number of amides is 2. The predicted molar refractivity (Wildman–Crippen MR) is 99.9 cm³/mol. The number of carbonyl (C=O) groups is 2. The quantitative estimate of drug-likeness (QED) is 0.786. The number of nitrogens with zero attached hydrogens (tertiary/aromatic N) is 3. The van der Waals surface area contributed by atoms with Gasteiger partial charge < -0.3 is 19.4 Å². The Bertz CT molecular complexity index is 934. The summed E-state index contributed by atoms with van der Waals surface area (Å²) in [6.07, 6.45) is 5.97. The van der Waals surface area contributed by atoms with E-state index < -0.39 is 0 Å². The highest BCUT2D eigenvalue weighted by Gasteiger charge is 2.26. The van der Waals surface area contributed by atoms with Crippen molar-refractivity contribution < 1.29 is 9.59 Å². The minimum absolute atomic E-state index is 0.0412. The first-order valence-electron chi connectivity index (χ1n) is 8.86. The molecule has 1 fully saturated rings. The molecule has 6 heteroatoms. The summed E-state index contributed by atoms with van der Waals surface area (Å²) in [4.78, 5) is 32.0. The van der Waals surface area contributed by atoms with Crippen molar-refractivity contribution in [3.63, 3.8) is 0 Å². The van der Waals surface area contributed by atoms with Crippen LogP contribution < -0.4 is 0 Å². The van der Waals surface area contributed by atoms with Crippen molar-refractivity contribution in [3.05, 3.63) is 60.0 Å². The van der Waals surface area contributed by atoms with Crippen LogP contribution in [-0.2, 0) is 18.3 Å². The molecular weight excluding hydrogens is 328 g/mol. The molecule has 3 aromatic rings. The van der Waals surface area contributed by atoms with Gasteiger partial charge in [0, 0.05) is 62.7 Å². The zero-order valence-corrected chi connectivity index (χ0v) is 14.8. The van der Waals surface area contributed by atoms with Crippen molar-refractivity contribution in [1.82, 2.24) is 19.4 Å². The smallest absolute Gasteiger partial charge is 0.256 e. The van der Waals surface area contributed by atoms with Crippen molar-refractivity contribution >= 4 is 22.7 Å². The molecule has 2 amide bonds. The molecule has 6 nitrogen and oxygen atoms in total. The van der Waals surface area contributed by atoms with Gasteiger partial charge in [0.1, 0.15) is 0 Å². The van der Waals surface area contributed by atoms with E-state index >= 15 is 0 Å². The summed E-state index contributed by atoms with van der Waals surface area (Å²) in [7, 11) is 1.96. The number of benzene rings is 1. The number of hydrogen-bond acceptors (Lipinski definition) is 2. The van der Waals surface area contributed by atoms with Crippen molar-refractivity contribution in [2.45, 2.75) is 6.42 Å². The van der Waals surface area contributed by atoms with E-state index in [4.69, 9.17) is 0 Å². The lowest BCUT2D eigenvalue weighted by Gasteiger charge is -2.34. The van der Waals surface area contributed by atoms with Crippen LogP contribution in [0.25, 0.3) is 10.9 Å². The van der Waals surface area contributed by atoms with E-state index in [1.165, 1.54) is 0 Å². The summed E-state index contributed by atoms with van der Waals surface area (Å²) < 4.78 is 1.99. The molecule has 0 bridgehead atoms. The van der Waals surface area contributed by atoms with Crippen LogP contribution in [0, 0.1) is 0 Å². The molecule has 1 N–H and O–H groups in total. The molecule has 134 valence electrons. The number of aromatic amines is 1. The molecule has 2 aromatic heterocycles. The second-order valence-corrected chi connectivity index (χ2v) is 6.74. The van der Waals surface area contributed by atoms with Crippen molar-refractivity contribution in [3.8, 4) is 0 Å². The minimum Gasteiger partial charge on any atom is -0.367 e. The third kappa shape index (κ3) is 2.98. The number of piperazine rings is 1. The minimum atomic E-state index is 0.0412. The number of H-pyrrole nitrogens is 1. The molecule has 0 spiro atoms. The van der Waals surface area contributed by atoms with Gasteiger partial charge in [0.25, 0.3) is 5.91 Å². The van der Waals surface area contributed by atoms with Crippen LogP contribution in [0.5, 0.6) is 0 Å². The number of aryl methyl sites for hydroxylation is 1. The molecule has 1 aromatic carbocycles. The Balaban J connectivity index is 1.42. The second kappa shape index (κ2) is 6.71. The highest BCUT2D eigenvalue weighted by Crippen LogP contribution is 2.22.